The summed E-state index contributed by atoms with van der Waals surface area (Å²) in [6.45, 7) is 2.82. The van der Waals surface area contributed by atoms with Crippen molar-refractivity contribution in [2.75, 3.05) is 13.1 Å². The Balaban J connectivity index is 1.19. The molecule has 35 heavy (non-hydrogen) atoms. The zero-order valence-electron chi connectivity index (χ0n) is 19.2. The topological polar surface area (TPSA) is 87.0 Å². The minimum atomic E-state index is -0.698. The quantitative estimate of drug-likeness (QED) is 0.587. The molecule has 3 aliphatic heterocycles. The van der Waals surface area contributed by atoms with Crippen molar-refractivity contribution < 1.29 is 18.8 Å². The summed E-state index contributed by atoms with van der Waals surface area (Å²) in [5.41, 5.74) is 4.15. The van der Waals surface area contributed by atoms with E-state index in [1.165, 1.54) is 16.7 Å². The predicted octanol–water partition coefficient (Wildman–Crippen LogP) is 2.61. The maximum Gasteiger partial charge on any atom is 0.255 e. The molecule has 9 heteroatoms. The monoisotopic (exact) mass is 475 g/mol. The van der Waals surface area contributed by atoms with Crippen LogP contribution in [0.3, 0.4) is 0 Å². The van der Waals surface area contributed by atoms with E-state index in [4.69, 9.17) is 0 Å². The minimum absolute atomic E-state index is 0.147. The number of aromatic nitrogens is 2. The Morgan fingerprint density at radius 3 is 2.71 bits per heavy atom. The predicted molar refractivity (Wildman–Crippen MR) is 125 cm³/mol. The molecule has 3 aromatic rings. The van der Waals surface area contributed by atoms with Crippen LogP contribution in [0.4, 0.5) is 4.39 Å². The van der Waals surface area contributed by atoms with Gasteiger partial charge in [0.25, 0.3) is 5.91 Å². The Morgan fingerprint density at radius 1 is 1.09 bits per heavy atom. The van der Waals surface area contributed by atoms with Crippen molar-refractivity contribution in [3.8, 4) is 0 Å². The Labute approximate surface area is 201 Å². The molecule has 1 aromatic carbocycles. The number of imidazole rings is 1. The van der Waals surface area contributed by atoms with E-state index >= 15 is 0 Å². The highest BCUT2D eigenvalue weighted by atomic mass is 19.1. The molecule has 2 saturated heterocycles. The zero-order valence-corrected chi connectivity index (χ0v) is 19.2. The van der Waals surface area contributed by atoms with Crippen LogP contribution in [0.5, 0.6) is 0 Å². The summed E-state index contributed by atoms with van der Waals surface area (Å²) in [4.78, 5) is 45.3. The fourth-order valence-electron chi connectivity index (χ4n) is 5.78. The summed E-state index contributed by atoms with van der Waals surface area (Å²) in [5, 5.41) is 2.32. The van der Waals surface area contributed by atoms with E-state index < -0.39 is 17.8 Å². The second-order valence-corrected chi connectivity index (χ2v) is 9.64. The minimum Gasteiger partial charge on any atom is -0.322 e. The van der Waals surface area contributed by atoms with Crippen LogP contribution >= 0.6 is 0 Å². The first-order valence-corrected chi connectivity index (χ1v) is 12.1. The van der Waals surface area contributed by atoms with Gasteiger partial charge in [-0.3, -0.25) is 24.6 Å². The number of hydrogen-bond acceptors (Lipinski definition) is 5. The number of benzene rings is 1. The van der Waals surface area contributed by atoms with E-state index in [0.717, 1.165) is 49.2 Å². The summed E-state index contributed by atoms with van der Waals surface area (Å²) < 4.78 is 16.7. The van der Waals surface area contributed by atoms with Crippen molar-refractivity contribution in [2.24, 2.45) is 0 Å². The lowest BCUT2D eigenvalue weighted by atomic mass is 9.85. The van der Waals surface area contributed by atoms with Crippen molar-refractivity contribution in [3.05, 3.63) is 70.9 Å². The number of fused-ring (bicyclic) bond motifs is 2. The molecule has 3 aliphatic rings. The molecule has 5 heterocycles. The van der Waals surface area contributed by atoms with Gasteiger partial charge in [-0.15, -0.1) is 0 Å². The third-order valence-corrected chi connectivity index (χ3v) is 7.58. The van der Waals surface area contributed by atoms with Gasteiger partial charge in [-0.25, -0.2) is 9.37 Å². The van der Waals surface area contributed by atoms with Gasteiger partial charge in [-0.2, -0.15) is 0 Å². The first kappa shape index (κ1) is 21.9. The second kappa shape index (κ2) is 8.57. The molecule has 0 saturated carbocycles. The Morgan fingerprint density at radius 2 is 1.91 bits per heavy atom. The third kappa shape index (κ3) is 3.89. The Hall–Kier alpha value is -3.59. The molecule has 0 bridgehead atoms. The number of pyridine rings is 1. The van der Waals surface area contributed by atoms with Crippen LogP contribution in [-0.2, 0) is 22.7 Å². The van der Waals surface area contributed by atoms with Gasteiger partial charge in [0.05, 0.1) is 0 Å². The standard InChI is InChI=1S/C26H26FN5O3/c27-17-12-19(21-15-32(26(35)20(21)13-17)22-4-5-24(33)29-25(22)34)16-6-9-30(10-7-16)14-18-2-1-3-23-28-8-11-31(18)23/h1-3,8,11-13,16,22H,4-7,9-10,14-15H2,(H,29,33,34). The van der Waals surface area contributed by atoms with Crippen LogP contribution in [0.2, 0.25) is 0 Å². The molecule has 8 nitrogen and oxygen atoms in total. The fourth-order valence-corrected chi connectivity index (χ4v) is 5.78. The average molecular weight is 476 g/mol. The van der Waals surface area contributed by atoms with Crippen molar-refractivity contribution in [1.82, 2.24) is 24.5 Å². The number of halogens is 1. The molecule has 1 unspecified atom stereocenters. The number of piperidine rings is 2. The lowest BCUT2D eigenvalue weighted by Crippen LogP contribution is -2.52. The molecule has 0 aliphatic carbocycles. The van der Waals surface area contributed by atoms with Crippen LogP contribution in [-0.4, -0.2) is 56.0 Å². The lowest BCUT2D eigenvalue weighted by Gasteiger charge is -2.33. The molecule has 0 radical (unpaired) electrons. The van der Waals surface area contributed by atoms with Crippen LogP contribution in [0.25, 0.3) is 5.65 Å². The maximum atomic E-state index is 14.6. The first-order valence-electron chi connectivity index (χ1n) is 12.1. The van der Waals surface area contributed by atoms with Crippen LogP contribution in [0.1, 0.15) is 58.8 Å². The molecule has 2 aromatic heterocycles. The molecule has 2 fully saturated rings. The number of imide groups is 1. The smallest absolute Gasteiger partial charge is 0.255 e. The highest BCUT2D eigenvalue weighted by Gasteiger charge is 2.41. The van der Waals surface area contributed by atoms with E-state index in [-0.39, 0.29) is 30.7 Å². The van der Waals surface area contributed by atoms with Gasteiger partial charge in [0.2, 0.25) is 11.8 Å². The number of hydrogen-bond donors (Lipinski definition) is 1. The van der Waals surface area contributed by atoms with Crippen molar-refractivity contribution in [1.29, 1.82) is 0 Å². The molecule has 0 spiro atoms. The molecule has 180 valence electrons. The van der Waals surface area contributed by atoms with Crippen LogP contribution in [0, 0.1) is 5.82 Å². The zero-order chi connectivity index (χ0) is 24.1. The Kier molecular flexibility index (Phi) is 5.36. The summed E-state index contributed by atoms with van der Waals surface area (Å²) >= 11 is 0. The molecule has 1 atom stereocenters. The van der Waals surface area contributed by atoms with Gasteiger partial charge in [0.1, 0.15) is 17.5 Å². The van der Waals surface area contributed by atoms with E-state index in [2.05, 4.69) is 25.7 Å². The number of carbonyl (C=O) groups excluding carboxylic acids is 3. The number of carbonyl (C=O) groups is 3. The summed E-state index contributed by atoms with van der Waals surface area (Å²) in [6.07, 6.45) is 5.99. The van der Waals surface area contributed by atoms with E-state index in [0.29, 0.717) is 12.0 Å². The molecule has 1 N–H and O–H groups in total. The van der Waals surface area contributed by atoms with Crippen molar-refractivity contribution in [2.45, 2.75) is 50.7 Å². The highest BCUT2D eigenvalue weighted by molar-refractivity contribution is 6.05. The maximum absolute atomic E-state index is 14.6. The largest absolute Gasteiger partial charge is 0.322 e. The summed E-state index contributed by atoms with van der Waals surface area (Å²) in [7, 11) is 0. The van der Waals surface area contributed by atoms with E-state index in [1.807, 2.05) is 18.3 Å². The third-order valence-electron chi connectivity index (χ3n) is 7.58. The molecular formula is C26H26FN5O3. The Bertz CT molecular complexity index is 1340. The van der Waals surface area contributed by atoms with Gasteiger partial charge < -0.3 is 9.30 Å². The van der Waals surface area contributed by atoms with Gasteiger partial charge in [0, 0.05) is 43.2 Å². The highest BCUT2D eigenvalue weighted by Crippen LogP contribution is 2.38. The number of amides is 3. The average Bonchev–Trinajstić information content (AvgIpc) is 3.45. The molecule has 3 amide bonds. The SMILES string of the molecule is O=C1CCC(N2Cc3c(cc(F)cc3C3CCN(Cc4cccc5nccn45)CC3)C2=O)C(=O)N1. The summed E-state index contributed by atoms with van der Waals surface area (Å²) in [6, 6.07) is 8.26. The number of likely N-dealkylation sites (tertiary alicyclic amines) is 1. The van der Waals surface area contributed by atoms with Gasteiger partial charge in [-0.1, -0.05) is 6.07 Å². The van der Waals surface area contributed by atoms with Crippen molar-refractivity contribution >= 4 is 23.4 Å². The lowest BCUT2D eigenvalue weighted by molar-refractivity contribution is -0.136. The van der Waals surface area contributed by atoms with Crippen LogP contribution in [0.15, 0.2) is 42.7 Å². The number of rotatable bonds is 4. The normalized spacial score (nSPS) is 21.6. The van der Waals surface area contributed by atoms with E-state index in [1.54, 1.807) is 12.3 Å². The van der Waals surface area contributed by atoms with Crippen molar-refractivity contribution in [3.63, 3.8) is 0 Å². The molecular weight excluding hydrogens is 449 g/mol. The fraction of sp³-hybridized carbons (Fsp3) is 0.385. The van der Waals surface area contributed by atoms with Gasteiger partial charge in [0.15, 0.2) is 0 Å². The van der Waals surface area contributed by atoms with Gasteiger partial charge in [-0.05, 0) is 73.7 Å². The van der Waals surface area contributed by atoms with E-state index in [9.17, 15) is 18.8 Å². The first-order chi connectivity index (χ1) is 17.0. The number of nitrogens with zero attached hydrogens (tertiary/aromatic N) is 4. The summed E-state index contributed by atoms with van der Waals surface area (Å²) in [5.74, 6) is -1.38. The molecule has 6 rings (SSSR count). The van der Waals surface area contributed by atoms with Crippen LogP contribution < -0.4 is 5.32 Å². The second-order valence-electron chi connectivity index (χ2n) is 9.64. The van der Waals surface area contributed by atoms with Gasteiger partial charge >= 0.3 is 0 Å². The number of nitrogens with one attached hydrogen (secondary N) is 1.